The van der Waals surface area contributed by atoms with E-state index in [4.69, 9.17) is 5.11 Å². The third-order valence-corrected chi connectivity index (χ3v) is 5.23. The molecular weight excluding hydrogens is 341 g/mol. The summed E-state index contributed by atoms with van der Waals surface area (Å²) >= 11 is 1.47. The first-order chi connectivity index (χ1) is 12.0. The lowest BCUT2D eigenvalue weighted by Crippen LogP contribution is -2.40. The van der Waals surface area contributed by atoms with E-state index in [1.54, 1.807) is 23.1 Å². The maximum absolute atomic E-state index is 13.1. The Bertz CT molecular complexity index is 776. The number of aliphatic carboxylic acids is 1. The molecule has 2 heterocycles. The molecule has 0 radical (unpaired) electrons. The number of benzene rings is 1. The van der Waals surface area contributed by atoms with Crippen molar-refractivity contribution in [2.75, 3.05) is 13.1 Å². The minimum Gasteiger partial charge on any atom is -0.481 e. The molecule has 0 saturated carbocycles. The second kappa shape index (κ2) is 7.61. The Morgan fingerprint density at radius 1 is 1.16 bits per heavy atom. The number of hydrogen-bond donors (Lipinski definition) is 1. The van der Waals surface area contributed by atoms with Crippen LogP contribution in [0.15, 0.2) is 41.8 Å². The van der Waals surface area contributed by atoms with E-state index in [1.165, 1.54) is 23.5 Å². The van der Waals surface area contributed by atoms with E-state index in [0.29, 0.717) is 31.5 Å². The van der Waals surface area contributed by atoms with Crippen LogP contribution in [0.4, 0.5) is 4.39 Å². The molecule has 1 N–H and O–H groups in total. The number of rotatable bonds is 4. The average Bonchev–Trinajstić information content (AvgIpc) is 3.15. The van der Waals surface area contributed by atoms with Crippen molar-refractivity contribution in [1.82, 2.24) is 4.90 Å². The fourth-order valence-electron chi connectivity index (χ4n) is 2.90. The van der Waals surface area contributed by atoms with Gasteiger partial charge < -0.3 is 10.0 Å². The van der Waals surface area contributed by atoms with Crippen LogP contribution in [0.2, 0.25) is 0 Å². The summed E-state index contributed by atoms with van der Waals surface area (Å²) in [5, 5.41) is 11.0. The Hall–Kier alpha value is -2.47. The summed E-state index contributed by atoms with van der Waals surface area (Å²) in [6.07, 6.45) is 2.70. The van der Waals surface area contributed by atoms with E-state index in [1.807, 2.05) is 17.5 Å². The summed E-state index contributed by atoms with van der Waals surface area (Å²) in [4.78, 5) is 26.6. The van der Waals surface area contributed by atoms with Gasteiger partial charge in [0, 0.05) is 18.0 Å². The Morgan fingerprint density at radius 2 is 1.84 bits per heavy atom. The number of carboxylic acids is 1. The number of carboxylic acid groups (broad SMARTS) is 1. The number of carbonyl (C=O) groups excluding carboxylic acids is 1. The minimum atomic E-state index is -0.799. The van der Waals surface area contributed by atoms with Gasteiger partial charge in [0.05, 0.1) is 11.5 Å². The largest absolute Gasteiger partial charge is 0.481 e. The summed E-state index contributed by atoms with van der Waals surface area (Å²) in [5.41, 5.74) is 1.30. The Balaban J connectivity index is 1.84. The van der Waals surface area contributed by atoms with Crippen LogP contribution in [0.5, 0.6) is 0 Å². The van der Waals surface area contributed by atoms with Gasteiger partial charge in [-0.25, -0.2) is 4.39 Å². The predicted molar refractivity (Wildman–Crippen MR) is 95.5 cm³/mol. The molecule has 0 unspecified atom stereocenters. The molecule has 1 saturated heterocycles. The normalized spacial score (nSPS) is 16.0. The van der Waals surface area contributed by atoms with E-state index in [9.17, 15) is 14.0 Å². The molecule has 6 heteroatoms. The molecule has 25 heavy (non-hydrogen) atoms. The van der Waals surface area contributed by atoms with Crippen molar-refractivity contribution in [2.45, 2.75) is 12.8 Å². The number of hydrogen-bond acceptors (Lipinski definition) is 3. The van der Waals surface area contributed by atoms with Crippen LogP contribution < -0.4 is 0 Å². The smallest absolute Gasteiger partial charge is 0.306 e. The van der Waals surface area contributed by atoms with Crippen LogP contribution in [0.3, 0.4) is 0 Å². The Labute approximate surface area is 149 Å². The summed E-state index contributed by atoms with van der Waals surface area (Å²) in [6, 6.07) is 9.74. The van der Waals surface area contributed by atoms with Gasteiger partial charge in [-0.15, -0.1) is 11.3 Å². The van der Waals surface area contributed by atoms with Crippen molar-refractivity contribution in [3.05, 3.63) is 58.0 Å². The van der Waals surface area contributed by atoms with Crippen LogP contribution in [0, 0.1) is 11.7 Å². The Kier molecular flexibility index (Phi) is 5.28. The van der Waals surface area contributed by atoms with Crippen molar-refractivity contribution in [1.29, 1.82) is 0 Å². The van der Waals surface area contributed by atoms with Gasteiger partial charge in [-0.2, -0.15) is 0 Å². The van der Waals surface area contributed by atoms with Crippen molar-refractivity contribution >= 4 is 34.9 Å². The quantitative estimate of drug-likeness (QED) is 0.846. The van der Waals surface area contributed by atoms with Gasteiger partial charge in [-0.1, -0.05) is 18.2 Å². The zero-order valence-corrected chi connectivity index (χ0v) is 14.3. The maximum atomic E-state index is 13.1. The van der Waals surface area contributed by atoms with Crippen molar-refractivity contribution in [2.24, 2.45) is 5.92 Å². The molecule has 4 nitrogen and oxygen atoms in total. The van der Waals surface area contributed by atoms with Crippen LogP contribution >= 0.6 is 11.3 Å². The molecule has 0 aliphatic carbocycles. The standard InChI is InChI=1S/C19H18FNO3S/c20-15-5-3-13(4-6-15)12-16(17-2-1-11-25-17)18(22)21-9-7-14(8-10-21)19(23)24/h1-6,11-12,14H,7-10H2,(H,23,24). The number of halogens is 1. The highest BCUT2D eigenvalue weighted by atomic mass is 32.1. The SMILES string of the molecule is O=C(O)C1CCN(C(=O)C(=Cc2ccc(F)cc2)c2cccs2)CC1. The zero-order valence-electron chi connectivity index (χ0n) is 13.5. The number of amides is 1. The van der Waals surface area contributed by atoms with Crippen molar-refractivity contribution in [3.8, 4) is 0 Å². The second-order valence-electron chi connectivity index (χ2n) is 5.99. The highest BCUT2D eigenvalue weighted by molar-refractivity contribution is 7.11. The van der Waals surface area contributed by atoms with Gasteiger partial charge in [0.15, 0.2) is 0 Å². The van der Waals surface area contributed by atoms with Gasteiger partial charge >= 0.3 is 5.97 Å². The molecule has 130 valence electrons. The highest BCUT2D eigenvalue weighted by Crippen LogP contribution is 2.27. The van der Waals surface area contributed by atoms with Crippen molar-refractivity contribution in [3.63, 3.8) is 0 Å². The third-order valence-electron chi connectivity index (χ3n) is 4.33. The van der Waals surface area contributed by atoms with Crippen LogP contribution in [0.25, 0.3) is 11.6 Å². The summed E-state index contributed by atoms with van der Waals surface area (Å²) in [6.45, 7) is 0.865. The van der Waals surface area contributed by atoms with E-state index < -0.39 is 5.97 Å². The molecule has 1 aromatic heterocycles. The van der Waals surface area contributed by atoms with Crippen LogP contribution in [-0.4, -0.2) is 35.0 Å². The van der Waals surface area contributed by atoms with E-state index in [2.05, 4.69) is 0 Å². The minimum absolute atomic E-state index is 0.115. The predicted octanol–water partition coefficient (Wildman–Crippen LogP) is 3.75. The fraction of sp³-hybridized carbons (Fsp3) is 0.263. The van der Waals surface area contributed by atoms with E-state index >= 15 is 0 Å². The monoisotopic (exact) mass is 359 g/mol. The van der Waals surface area contributed by atoms with Crippen molar-refractivity contribution < 1.29 is 19.1 Å². The summed E-state index contributed by atoms with van der Waals surface area (Å²) < 4.78 is 13.1. The van der Waals surface area contributed by atoms with Gasteiger partial charge in [0.25, 0.3) is 5.91 Å². The van der Waals surface area contributed by atoms with Crippen LogP contribution in [0.1, 0.15) is 23.3 Å². The fourth-order valence-corrected chi connectivity index (χ4v) is 3.63. The first kappa shape index (κ1) is 17.4. The number of piperidine rings is 1. The molecule has 1 fully saturated rings. The van der Waals surface area contributed by atoms with E-state index in [-0.39, 0.29) is 17.6 Å². The first-order valence-electron chi connectivity index (χ1n) is 8.08. The first-order valence-corrected chi connectivity index (χ1v) is 8.96. The lowest BCUT2D eigenvalue weighted by molar-refractivity contribution is -0.144. The molecule has 0 atom stereocenters. The summed E-state index contributed by atoms with van der Waals surface area (Å²) in [7, 11) is 0. The second-order valence-corrected chi connectivity index (χ2v) is 6.94. The lowest BCUT2D eigenvalue weighted by Gasteiger charge is -2.30. The molecule has 1 aromatic carbocycles. The van der Waals surface area contributed by atoms with Crippen LogP contribution in [-0.2, 0) is 9.59 Å². The van der Waals surface area contributed by atoms with E-state index in [0.717, 1.165) is 10.4 Å². The van der Waals surface area contributed by atoms with Gasteiger partial charge in [0.2, 0.25) is 0 Å². The average molecular weight is 359 g/mol. The third kappa shape index (κ3) is 4.14. The highest BCUT2D eigenvalue weighted by Gasteiger charge is 2.29. The lowest BCUT2D eigenvalue weighted by atomic mass is 9.96. The number of likely N-dealkylation sites (tertiary alicyclic amines) is 1. The summed E-state index contributed by atoms with van der Waals surface area (Å²) in [5.74, 6) is -1.62. The molecule has 3 rings (SSSR count). The van der Waals surface area contributed by atoms with Gasteiger partial charge in [-0.3, -0.25) is 9.59 Å². The number of nitrogens with zero attached hydrogens (tertiary/aromatic N) is 1. The molecule has 0 spiro atoms. The Morgan fingerprint density at radius 3 is 2.40 bits per heavy atom. The molecule has 1 aliphatic heterocycles. The maximum Gasteiger partial charge on any atom is 0.306 e. The molecule has 1 aliphatic rings. The molecule has 2 aromatic rings. The number of thiophene rings is 1. The molecule has 1 amide bonds. The van der Waals surface area contributed by atoms with Gasteiger partial charge in [-0.05, 0) is 48.1 Å². The topological polar surface area (TPSA) is 57.6 Å². The van der Waals surface area contributed by atoms with Gasteiger partial charge in [0.1, 0.15) is 5.82 Å². The number of carbonyl (C=O) groups is 2. The zero-order chi connectivity index (χ0) is 17.8. The molecular formula is C19H18FNO3S. The molecule has 0 bridgehead atoms.